The molecule has 0 unspecified atom stereocenters. The second kappa shape index (κ2) is 5.99. The first-order valence-corrected chi connectivity index (χ1v) is 7.78. The number of para-hydroxylation sites is 2. The van der Waals surface area contributed by atoms with Crippen LogP contribution in [0.1, 0.15) is 20.7 Å². The number of nitrogens with zero attached hydrogens (tertiary/aromatic N) is 2. The van der Waals surface area contributed by atoms with Crippen LogP contribution in [0.15, 0.2) is 48.5 Å². The third-order valence-electron chi connectivity index (χ3n) is 4.02. The number of anilines is 1. The fraction of sp³-hybridized carbons (Fsp3) is 0.111. The third-order valence-corrected chi connectivity index (χ3v) is 4.02. The van der Waals surface area contributed by atoms with Gasteiger partial charge in [-0.3, -0.25) is 9.59 Å². The molecule has 2 aromatic rings. The summed E-state index contributed by atoms with van der Waals surface area (Å²) >= 11 is 0. The van der Waals surface area contributed by atoms with E-state index in [-0.39, 0.29) is 24.2 Å². The number of hydrogen-bond acceptors (Lipinski definition) is 7. The Hall–Kier alpha value is -3.68. The van der Waals surface area contributed by atoms with Crippen molar-refractivity contribution in [1.82, 2.24) is 5.06 Å². The lowest BCUT2D eigenvalue weighted by Gasteiger charge is -2.28. The lowest BCUT2D eigenvalue weighted by atomic mass is 10.1. The van der Waals surface area contributed by atoms with E-state index in [4.69, 9.17) is 9.57 Å². The Labute approximate surface area is 147 Å². The molecule has 4 rings (SSSR count). The number of fused-ring (bicyclic) bond motifs is 2. The molecule has 0 saturated heterocycles. The second-order valence-electron chi connectivity index (χ2n) is 5.71. The monoisotopic (exact) mass is 352 g/mol. The van der Waals surface area contributed by atoms with Crippen LogP contribution in [-0.2, 0) is 14.4 Å². The fourth-order valence-corrected chi connectivity index (χ4v) is 2.88. The Kier molecular flexibility index (Phi) is 3.65. The maximum absolute atomic E-state index is 12.3. The minimum Gasteiger partial charge on any atom is -0.423 e. The molecule has 2 aliphatic rings. The Morgan fingerprint density at radius 3 is 2.27 bits per heavy atom. The molecule has 2 aromatic carbocycles. The Morgan fingerprint density at radius 2 is 1.58 bits per heavy atom. The summed E-state index contributed by atoms with van der Waals surface area (Å²) in [5.74, 6) is -2.42. The van der Waals surface area contributed by atoms with Gasteiger partial charge < -0.3 is 14.5 Å². The van der Waals surface area contributed by atoms with E-state index in [1.165, 1.54) is 17.0 Å². The molecule has 2 aliphatic heterocycles. The van der Waals surface area contributed by atoms with E-state index in [9.17, 15) is 19.2 Å². The zero-order valence-electron chi connectivity index (χ0n) is 13.4. The summed E-state index contributed by atoms with van der Waals surface area (Å²) < 4.78 is 5.10. The standard InChI is InChI=1S/C18H12N2O6/c21-15-9-19(13-7-3-4-8-14(13)25-15)10-16(22)26-20-17(23)11-5-1-2-6-12(11)18(20)24/h1-8H,9-10H2. The van der Waals surface area contributed by atoms with Crippen LogP contribution in [-0.4, -0.2) is 41.9 Å². The SMILES string of the molecule is O=C1CN(CC(=O)ON2C(=O)c3ccccc3C2=O)c2ccccc2O1. The van der Waals surface area contributed by atoms with Crippen molar-refractivity contribution in [3.8, 4) is 5.75 Å². The number of rotatable bonds is 3. The number of hydroxylamine groups is 2. The van der Waals surface area contributed by atoms with Crippen molar-refractivity contribution in [2.45, 2.75) is 0 Å². The molecule has 2 amide bonds. The van der Waals surface area contributed by atoms with E-state index in [2.05, 4.69) is 0 Å². The molecular formula is C18H12N2O6. The first-order valence-electron chi connectivity index (χ1n) is 7.78. The van der Waals surface area contributed by atoms with Crippen LogP contribution in [0, 0.1) is 0 Å². The molecule has 0 saturated carbocycles. The van der Waals surface area contributed by atoms with Gasteiger partial charge in [0, 0.05) is 0 Å². The van der Waals surface area contributed by atoms with Crippen LogP contribution < -0.4 is 9.64 Å². The first kappa shape index (κ1) is 15.8. The summed E-state index contributed by atoms with van der Waals surface area (Å²) in [6, 6.07) is 12.9. The largest absolute Gasteiger partial charge is 0.423 e. The molecule has 8 heteroatoms. The van der Waals surface area contributed by atoms with Crippen LogP contribution in [0.3, 0.4) is 0 Å². The Bertz CT molecular complexity index is 919. The van der Waals surface area contributed by atoms with Crippen molar-refractivity contribution in [3.63, 3.8) is 0 Å². The highest BCUT2D eigenvalue weighted by atomic mass is 16.7. The van der Waals surface area contributed by atoms with Gasteiger partial charge in [0.25, 0.3) is 11.8 Å². The zero-order valence-corrected chi connectivity index (χ0v) is 13.4. The summed E-state index contributed by atoms with van der Waals surface area (Å²) in [4.78, 5) is 54.8. The second-order valence-corrected chi connectivity index (χ2v) is 5.71. The number of esters is 1. The van der Waals surface area contributed by atoms with E-state index in [0.717, 1.165) is 0 Å². The molecule has 0 aliphatic carbocycles. The Balaban J connectivity index is 1.50. The highest BCUT2D eigenvalue weighted by Gasteiger charge is 2.39. The van der Waals surface area contributed by atoms with Gasteiger partial charge >= 0.3 is 11.9 Å². The summed E-state index contributed by atoms with van der Waals surface area (Å²) in [7, 11) is 0. The Morgan fingerprint density at radius 1 is 0.962 bits per heavy atom. The van der Waals surface area contributed by atoms with E-state index in [0.29, 0.717) is 16.5 Å². The van der Waals surface area contributed by atoms with Crippen molar-refractivity contribution in [2.24, 2.45) is 0 Å². The van der Waals surface area contributed by atoms with Gasteiger partial charge in [0.1, 0.15) is 13.1 Å². The van der Waals surface area contributed by atoms with E-state index >= 15 is 0 Å². The number of carbonyl (C=O) groups is 4. The minimum atomic E-state index is -0.844. The molecular weight excluding hydrogens is 340 g/mol. The molecule has 8 nitrogen and oxygen atoms in total. The topological polar surface area (TPSA) is 93.2 Å². The molecule has 2 heterocycles. The number of imide groups is 1. The molecule has 0 N–H and O–H groups in total. The number of ether oxygens (including phenoxy) is 1. The highest BCUT2D eigenvalue weighted by Crippen LogP contribution is 2.31. The fourth-order valence-electron chi connectivity index (χ4n) is 2.88. The van der Waals surface area contributed by atoms with Gasteiger partial charge in [-0.05, 0) is 24.3 Å². The maximum atomic E-state index is 12.3. The number of carbonyl (C=O) groups excluding carboxylic acids is 4. The zero-order chi connectivity index (χ0) is 18.3. The van der Waals surface area contributed by atoms with Crippen LogP contribution in [0.4, 0.5) is 5.69 Å². The van der Waals surface area contributed by atoms with Crippen LogP contribution in [0.5, 0.6) is 5.75 Å². The predicted octanol–water partition coefficient (Wildman–Crippen LogP) is 1.17. The van der Waals surface area contributed by atoms with Gasteiger partial charge in [-0.25, -0.2) is 9.59 Å². The van der Waals surface area contributed by atoms with Gasteiger partial charge in [0.2, 0.25) is 0 Å². The summed E-state index contributed by atoms with van der Waals surface area (Å²) in [5, 5.41) is 0.446. The molecule has 26 heavy (non-hydrogen) atoms. The van der Waals surface area contributed by atoms with Crippen molar-refractivity contribution in [3.05, 3.63) is 59.7 Å². The van der Waals surface area contributed by atoms with Crippen molar-refractivity contribution < 1.29 is 28.8 Å². The molecule has 0 atom stereocenters. The number of hydrogen-bond donors (Lipinski definition) is 0. The average molecular weight is 352 g/mol. The van der Waals surface area contributed by atoms with Crippen molar-refractivity contribution >= 4 is 29.4 Å². The van der Waals surface area contributed by atoms with Crippen molar-refractivity contribution in [1.29, 1.82) is 0 Å². The van der Waals surface area contributed by atoms with E-state index in [1.807, 2.05) is 0 Å². The van der Waals surface area contributed by atoms with Gasteiger partial charge in [-0.15, -0.1) is 0 Å². The molecule has 130 valence electrons. The summed E-state index contributed by atoms with van der Waals surface area (Å²) in [6.07, 6.45) is 0. The molecule has 0 fully saturated rings. The van der Waals surface area contributed by atoms with Crippen LogP contribution >= 0.6 is 0 Å². The maximum Gasteiger partial charge on any atom is 0.352 e. The van der Waals surface area contributed by atoms with Gasteiger partial charge in [0.15, 0.2) is 5.75 Å². The molecule has 0 bridgehead atoms. The minimum absolute atomic E-state index is 0.145. The molecule has 0 radical (unpaired) electrons. The lowest BCUT2D eigenvalue weighted by molar-refractivity contribution is -0.166. The highest BCUT2D eigenvalue weighted by molar-refractivity contribution is 6.20. The van der Waals surface area contributed by atoms with Gasteiger partial charge in [-0.1, -0.05) is 29.3 Å². The number of benzene rings is 2. The van der Waals surface area contributed by atoms with E-state index < -0.39 is 23.8 Å². The normalized spacial score (nSPS) is 15.5. The lowest BCUT2D eigenvalue weighted by Crippen LogP contribution is -2.42. The van der Waals surface area contributed by atoms with Crippen LogP contribution in [0.25, 0.3) is 0 Å². The van der Waals surface area contributed by atoms with Gasteiger partial charge in [-0.2, -0.15) is 0 Å². The predicted molar refractivity (Wildman–Crippen MR) is 87.3 cm³/mol. The first-order chi connectivity index (χ1) is 12.5. The molecule has 0 spiro atoms. The number of amides is 2. The van der Waals surface area contributed by atoms with Crippen LogP contribution in [0.2, 0.25) is 0 Å². The quantitative estimate of drug-likeness (QED) is 0.465. The third kappa shape index (κ3) is 2.57. The summed E-state index contributed by atoms with van der Waals surface area (Å²) in [6.45, 7) is -0.465. The smallest absolute Gasteiger partial charge is 0.352 e. The summed E-state index contributed by atoms with van der Waals surface area (Å²) in [5.41, 5.74) is 0.904. The average Bonchev–Trinajstić information content (AvgIpc) is 2.87. The molecule has 0 aromatic heterocycles. The van der Waals surface area contributed by atoms with Crippen molar-refractivity contribution in [2.75, 3.05) is 18.0 Å². The van der Waals surface area contributed by atoms with Gasteiger partial charge in [0.05, 0.1) is 16.8 Å². The van der Waals surface area contributed by atoms with E-state index in [1.54, 1.807) is 36.4 Å².